The third kappa shape index (κ3) is 1.88. The first-order chi connectivity index (χ1) is 6.90. The summed E-state index contributed by atoms with van der Waals surface area (Å²) in [5, 5.41) is 4.07. The van der Waals surface area contributed by atoms with Crippen molar-refractivity contribution in [3.63, 3.8) is 0 Å². The van der Waals surface area contributed by atoms with Crippen LogP contribution in [0.25, 0.3) is 11.3 Å². The Morgan fingerprint density at radius 3 is 3.00 bits per heavy atom. The van der Waals surface area contributed by atoms with Crippen LogP contribution in [0.15, 0.2) is 35.0 Å². The monoisotopic (exact) mass is 203 g/mol. The zero-order chi connectivity index (χ0) is 9.80. The lowest BCUT2D eigenvalue weighted by Crippen LogP contribution is -1.91. The molecule has 2 rings (SSSR count). The Morgan fingerprint density at radius 2 is 2.29 bits per heavy atom. The van der Waals surface area contributed by atoms with Gasteiger partial charge in [-0.25, -0.2) is 0 Å². The lowest BCUT2D eigenvalue weighted by molar-refractivity contribution is -0.107. The maximum Gasteiger partial charge on any atom is 0.125 e. The van der Waals surface area contributed by atoms with Gasteiger partial charge in [-0.1, -0.05) is 6.07 Å². The van der Waals surface area contributed by atoms with Crippen molar-refractivity contribution in [3.05, 3.63) is 40.7 Å². The molecule has 0 unspecified atom stereocenters. The average Bonchev–Trinajstić information content (AvgIpc) is 2.71. The summed E-state index contributed by atoms with van der Waals surface area (Å²) in [6.45, 7) is 0. The summed E-state index contributed by atoms with van der Waals surface area (Å²) in [5.74, 6) is 0. The van der Waals surface area contributed by atoms with Crippen LogP contribution in [-0.4, -0.2) is 11.3 Å². The molecule has 0 fully saturated rings. The van der Waals surface area contributed by atoms with Crippen molar-refractivity contribution < 1.29 is 4.79 Å². The summed E-state index contributed by atoms with van der Waals surface area (Å²) in [4.78, 5) is 14.7. The standard InChI is InChI=1S/C11H9NOS/c13-6-4-10-2-1-3-11(12-10)9-5-7-14-8-9/h1-3,5-8H,4H2. The van der Waals surface area contributed by atoms with Gasteiger partial charge in [0, 0.05) is 23.1 Å². The molecule has 3 heteroatoms. The van der Waals surface area contributed by atoms with E-state index in [2.05, 4.69) is 4.98 Å². The maximum absolute atomic E-state index is 10.3. The molecule has 0 aromatic carbocycles. The summed E-state index contributed by atoms with van der Waals surface area (Å²) < 4.78 is 0. The number of hydrogen-bond donors (Lipinski definition) is 0. The molecule has 0 N–H and O–H groups in total. The van der Waals surface area contributed by atoms with Gasteiger partial charge in [-0.05, 0) is 23.6 Å². The van der Waals surface area contributed by atoms with Crippen molar-refractivity contribution in [3.8, 4) is 11.3 Å². The molecule has 70 valence electrons. The fourth-order valence-electron chi connectivity index (χ4n) is 1.25. The van der Waals surface area contributed by atoms with E-state index >= 15 is 0 Å². The van der Waals surface area contributed by atoms with Crippen LogP contribution < -0.4 is 0 Å². The van der Waals surface area contributed by atoms with Crippen molar-refractivity contribution in [1.29, 1.82) is 0 Å². The van der Waals surface area contributed by atoms with Crippen LogP contribution in [-0.2, 0) is 11.2 Å². The minimum Gasteiger partial charge on any atom is -0.303 e. The number of carbonyl (C=O) groups is 1. The number of carbonyl (C=O) groups excluding carboxylic acids is 1. The second-order valence-corrected chi connectivity index (χ2v) is 3.68. The number of thiophene rings is 1. The number of rotatable bonds is 3. The SMILES string of the molecule is O=CCc1cccc(-c2ccsc2)n1. The summed E-state index contributed by atoms with van der Waals surface area (Å²) in [5.41, 5.74) is 2.87. The molecule has 0 bridgehead atoms. The summed E-state index contributed by atoms with van der Waals surface area (Å²) in [6.07, 6.45) is 1.26. The number of hydrogen-bond acceptors (Lipinski definition) is 3. The fraction of sp³-hybridized carbons (Fsp3) is 0.0909. The third-order valence-corrected chi connectivity index (χ3v) is 2.60. The molecule has 2 aromatic rings. The van der Waals surface area contributed by atoms with Crippen molar-refractivity contribution in [1.82, 2.24) is 4.98 Å². The van der Waals surface area contributed by atoms with Crippen LogP contribution in [0.3, 0.4) is 0 Å². The molecule has 0 saturated heterocycles. The van der Waals surface area contributed by atoms with E-state index in [1.54, 1.807) is 11.3 Å². The van der Waals surface area contributed by atoms with Gasteiger partial charge in [-0.3, -0.25) is 4.98 Å². The highest BCUT2D eigenvalue weighted by atomic mass is 32.1. The summed E-state index contributed by atoms with van der Waals surface area (Å²) in [6, 6.07) is 7.77. The molecule has 0 spiro atoms. The van der Waals surface area contributed by atoms with Gasteiger partial charge in [-0.15, -0.1) is 0 Å². The molecule has 2 aromatic heterocycles. The molecule has 2 heterocycles. The van der Waals surface area contributed by atoms with Gasteiger partial charge in [0.2, 0.25) is 0 Å². The first-order valence-electron chi connectivity index (χ1n) is 4.32. The largest absolute Gasteiger partial charge is 0.303 e. The Labute approximate surface area is 86.2 Å². The minimum atomic E-state index is 0.387. The van der Waals surface area contributed by atoms with Crippen molar-refractivity contribution in [2.24, 2.45) is 0 Å². The minimum absolute atomic E-state index is 0.387. The van der Waals surface area contributed by atoms with Crippen LogP contribution >= 0.6 is 11.3 Å². The molecule has 0 radical (unpaired) electrons. The molecule has 2 nitrogen and oxygen atoms in total. The Bertz CT molecular complexity index is 423. The van der Waals surface area contributed by atoms with Gasteiger partial charge >= 0.3 is 0 Å². The van der Waals surface area contributed by atoms with Crippen LogP contribution in [0, 0.1) is 0 Å². The highest BCUT2D eigenvalue weighted by molar-refractivity contribution is 7.08. The van der Waals surface area contributed by atoms with E-state index in [4.69, 9.17) is 0 Å². The Kier molecular flexibility index (Phi) is 2.70. The Hall–Kier alpha value is -1.48. The highest BCUT2D eigenvalue weighted by Gasteiger charge is 2.00. The average molecular weight is 203 g/mol. The quantitative estimate of drug-likeness (QED) is 0.717. The van der Waals surface area contributed by atoms with Crippen LogP contribution in [0.2, 0.25) is 0 Å². The molecule has 14 heavy (non-hydrogen) atoms. The van der Waals surface area contributed by atoms with E-state index in [-0.39, 0.29) is 0 Å². The van der Waals surface area contributed by atoms with Crippen molar-refractivity contribution in [2.45, 2.75) is 6.42 Å². The Morgan fingerprint density at radius 1 is 1.36 bits per heavy atom. The third-order valence-electron chi connectivity index (χ3n) is 1.92. The summed E-state index contributed by atoms with van der Waals surface area (Å²) >= 11 is 1.64. The summed E-state index contributed by atoms with van der Waals surface area (Å²) in [7, 11) is 0. The second-order valence-electron chi connectivity index (χ2n) is 2.90. The molecule has 0 saturated carbocycles. The molecule has 0 aliphatic heterocycles. The second kappa shape index (κ2) is 4.15. The van der Waals surface area contributed by atoms with E-state index in [9.17, 15) is 4.79 Å². The molecule has 0 atom stereocenters. The van der Waals surface area contributed by atoms with Crippen LogP contribution in [0.5, 0.6) is 0 Å². The molecule has 0 amide bonds. The molecular formula is C11H9NOS. The van der Waals surface area contributed by atoms with Gasteiger partial charge in [-0.2, -0.15) is 11.3 Å². The number of pyridine rings is 1. The van der Waals surface area contributed by atoms with E-state index in [1.807, 2.05) is 35.0 Å². The smallest absolute Gasteiger partial charge is 0.125 e. The molecule has 0 aliphatic carbocycles. The lowest BCUT2D eigenvalue weighted by Gasteiger charge is -1.99. The number of aldehydes is 1. The maximum atomic E-state index is 10.3. The van der Waals surface area contributed by atoms with Gasteiger partial charge < -0.3 is 4.79 Å². The van der Waals surface area contributed by atoms with Gasteiger partial charge in [0.25, 0.3) is 0 Å². The van der Waals surface area contributed by atoms with E-state index < -0.39 is 0 Å². The zero-order valence-electron chi connectivity index (χ0n) is 7.51. The predicted molar refractivity (Wildman–Crippen MR) is 57.3 cm³/mol. The molecular weight excluding hydrogens is 194 g/mol. The first kappa shape index (κ1) is 9.09. The number of nitrogens with zero attached hydrogens (tertiary/aromatic N) is 1. The van der Waals surface area contributed by atoms with Crippen LogP contribution in [0.4, 0.5) is 0 Å². The number of aromatic nitrogens is 1. The lowest BCUT2D eigenvalue weighted by atomic mass is 10.2. The fourth-order valence-corrected chi connectivity index (χ4v) is 1.90. The predicted octanol–water partition coefficient (Wildman–Crippen LogP) is 2.55. The van der Waals surface area contributed by atoms with Gasteiger partial charge in [0.1, 0.15) is 6.29 Å². The van der Waals surface area contributed by atoms with Gasteiger partial charge in [0.15, 0.2) is 0 Å². The van der Waals surface area contributed by atoms with Crippen molar-refractivity contribution >= 4 is 17.6 Å². The zero-order valence-corrected chi connectivity index (χ0v) is 8.33. The van der Waals surface area contributed by atoms with E-state index in [0.29, 0.717) is 6.42 Å². The highest BCUT2D eigenvalue weighted by Crippen LogP contribution is 2.19. The van der Waals surface area contributed by atoms with Gasteiger partial charge in [0.05, 0.1) is 5.69 Å². The first-order valence-corrected chi connectivity index (χ1v) is 5.26. The van der Waals surface area contributed by atoms with E-state index in [0.717, 1.165) is 23.2 Å². The van der Waals surface area contributed by atoms with E-state index in [1.165, 1.54) is 0 Å². The van der Waals surface area contributed by atoms with Crippen molar-refractivity contribution in [2.75, 3.05) is 0 Å². The Balaban J connectivity index is 2.35. The molecule has 0 aliphatic rings. The normalized spacial score (nSPS) is 10.0. The topological polar surface area (TPSA) is 30.0 Å². The van der Waals surface area contributed by atoms with Crippen LogP contribution in [0.1, 0.15) is 5.69 Å².